The SMILES string of the molecule is CC(C)CNCc1ccncc1Oc1cc(F)cc(F)c1. The average Bonchev–Trinajstić information content (AvgIpc) is 2.39. The number of pyridine rings is 1. The second-order valence-corrected chi connectivity index (χ2v) is 5.22. The fourth-order valence-corrected chi connectivity index (χ4v) is 1.86. The van der Waals surface area contributed by atoms with Gasteiger partial charge in [-0.15, -0.1) is 0 Å². The molecule has 0 fully saturated rings. The predicted molar refractivity (Wildman–Crippen MR) is 77.2 cm³/mol. The average molecular weight is 292 g/mol. The Hall–Kier alpha value is -2.01. The molecule has 21 heavy (non-hydrogen) atoms. The molecule has 0 radical (unpaired) electrons. The molecule has 0 spiro atoms. The van der Waals surface area contributed by atoms with E-state index in [0.29, 0.717) is 18.2 Å². The van der Waals surface area contributed by atoms with Crippen LogP contribution in [0.2, 0.25) is 0 Å². The van der Waals surface area contributed by atoms with Gasteiger partial charge < -0.3 is 10.1 Å². The molecule has 112 valence electrons. The summed E-state index contributed by atoms with van der Waals surface area (Å²) in [6.07, 6.45) is 3.20. The Morgan fingerprint density at radius 2 is 1.90 bits per heavy atom. The smallest absolute Gasteiger partial charge is 0.150 e. The quantitative estimate of drug-likeness (QED) is 0.877. The minimum Gasteiger partial charge on any atom is -0.455 e. The molecule has 0 amide bonds. The number of benzene rings is 1. The van der Waals surface area contributed by atoms with Gasteiger partial charge >= 0.3 is 0 Å². The normalized spacial score (nSPS) is 10.9. The lowest BCUT2D eigenvalue weighted by Crippen LogP contribution is -2.19. The van der Waals surface area contributed by atoms with Crippen LogP contribution in [-0.4, -0.2) is 11.5 Å². The van der Waals surface area contributed by atoms with E-state index < -0.39 is 11.6 Å². The molecule has 0 saturated carbocycles. The molecule has 0 saturated heterocycles. The molecule has 0 unspecified atom stereocenters. The molecule has 5 heteroatoms. The van der Waals surface area contributed by atoms with Crippen LogP contribution in [0.3, 0.4) is 0 Å². The van der Waals surface area contributed by atoms with Gasteiger partial charge in [-0.3, -0.25) is 4.98 Å². The van der Waals surface area contributed by atoms with Crippen molar-refractivity contribution < 1.29 is 13.5 Å². The Bertz CT molecular complexity index is 582. The van der Waals surface area contributed by atoms with E-state index in [4.69, 9.17) is 4.74 Å². The standard InChI is InChI=1S/C16H18F2N2O/c1-11(2)8-20-9-12-3-4-19-10-16(12)21-15-6-13(17)5-14(18)7-15/h3-7,10-11,20H,8-9H2,1-2H3. The summed E-state index contributed by atoms with van der Waals surface area (Å²) < 4.78 is 31.9. The topological polar surface area (TPSA) is 34.2 Å². The Balaban J connectivity index is 2.12. The monoisotopic (exact) mass is 292 g/mol. The maximum absolute atomic E-state index is 13.2. The van der Waals surface area contributed by atoms with Gasteiger partial charge in [0.15, 0.2) is 0 Å². The van der Waals surface area contributed by atoms with Crippen LogP contribution in [0.4, 0.5) is 8.78 Å². The van der Waals surface area contributed by atoms with Crippen molar-refractivity contribution in [3.05, 3.63) is 53.9 Å². The molecule has 1 aromatic carbocycles. The predicted octanol–water partition coefficient (Wildman–Crippen LogP) is 3.90. The number of ether oxygens (including phenoxy) is 1. The van der Waals surface area contributed by atoms with Gasteiger partial charge in [0.25, 0.3) is 0 Å². The molecule has 1 N–H and O–H groups in total. The lowest BCUT2D eigenvalue weighted by atomic mass is 10.2. The van der Waals surface area contributed by atoms with Crippen molar-refractivity contribution in [1.82, 2.24) is 10.3 Å². The van der Waals surface area contributed by atoms with Crippen LogP contribution in [0.25, 0.3) is 0 Å². The van der Waals surface area contributed by atoms with Gasteiger partial charge in [0.2, 0.25) is 0 Å². The molecule has 0 aliphatic rings. The molecule has 3 nitrogen and oxygen atoms in total. The Labute approximate surface area is 123 Å². The first-order valence-corrected chi connectivity index (χ1v) is 6.82. The van der Waals surface area contributed by atoms with Crippen LogP contribution < -0.4 is 10.1 Å². The fourth-order valence-electron chi connectivity index (χ4n) is 1.86. The Morgan fingerprint density at radius 1 is 1.19 bits per heavy atom. The first-order chi connectivity index (χ1) is 10.0. The van der Waals surface area contributed by atoms with E-state index in [1.165, 1.54) is 6.20 Å². The van der Waals surface area contributed by atoms with E-state index in [0.717, 1.165) is 30.3 Å². The highest BCUT2D eigenvalue weighted by molar-refractivity contribution is 5.35. The largest absolute Gasteiger partial charge is 0.455 e. The molecule has 2 rings (SSSR count). The third-order valence-corrected chi connectivity index (χ3v) is 2.80. The van der Waals surface area contributed by atoms with Crippen molar-refractivity contribution in [2.75, 3.05) is 6.54 Å². The van der Waals surface area contributed by atoms with Crippen molar-refractivity contribution in [3.8, 4) is 11.5 Å². The Morgan fingerprint density at radius 3 is 2.57 bits per heavy atom. The van der Waals surface area contributed by atoms with Crippen LogP contribution >= 0.6 is 0 Å². The summed E-state index contributed by atoms with van der Waals surface area (Å²) in [5, 5.41) is 3.29. The summed E-state index contributed by atoms with van der Waals surface area (Å²) in [7, 11) is 0. The maximum Gasteiger partial charge on any atom is 0.150 e. The molecular formula is C16H18F2N2O. The van der Waals surface area contributed by atoms with Gasteiger partial charge in [0.05, 0.1) is 6.20 Å². The first kappa shape index (κ1) is 15.4. The highest BCUT2D eigenvalue weighted by Gasteiger charge is 2.07. The zero-order valence-electron chi connectivity index (χ0n) is 12.1. The summed E-state index contributed by atoms with van der Waals surface area (Å²) in [5.74, 6) is -0.209. The summed E-state index contributed by atoms with van der Waals surface area (Å²) in [6.45, 7) is 5.71. The number of hydrogen-bond acceptors (Lipinski definition) is 3. The molecular weight excluding hydrogens is 274 g/mol. The number of hydrogen-bond donors (Lipinski definition) is 1. The summed E-state index contributed by atoms with van der Waals surface area (Å²) in [6, 6.07) is 4.91. The van der Waals surface area contributed by atoms with Crippen molar-refractivity contribution in [2.24, 2.45) is 5.92 Å². The minimum atomic E-state index is -0.673. The Kier molecular flexibility index (Phi) is 5.22. The highest BCUT2D eigenvalue weighted by atomic mass is 19.1. The third kappa shape index (κ3) is 4.79. The zero-order chi connectivity index (χ0) is 15.2. The summed E-state index contributed by atoms with van der Waals surface area (Å²) in [5.41, 5.74) is 0.885. The van der Waals surface area contributed by atoms with Gasteiger partial charge in [0.1, 0.15) is 23.1 Å². The molecule has 0 atom stereocenters. The van der Waals surface area contributed by atoms with E-state index in [2.05, 4.69) is 24.1 Å². The number of nitrogens with one attached hydrogen (secondary N) is 1. The second-order valence-electron chi connectivity index (χ2n) is 5.22. The van der Waals surface area contributed by atoms with Crippen molar-refractivity contribution in [2.45, 2.75) is 20.4 Å². The fraction of sp³-hybridized carbons (Fsp3) is 0.312. The second kappa shape index (κ2) is 7.13. The molecule has 2 aromatic rings. The van der Waals surface area contributed by atoms with Crippen LogP contribution in [0, 0.1) is 17.6 Å². The molecule has 0 aliphatic carbocycles. The number of aromatic nitrogens is 1. The molecule has 0 aliphatic heterocycles. The van der Waals surface area contributed by atoms with Crippen LogP contribution in [0.5, 0.6) is 11.5 Å². The third-order valence-electron chi connectivity index (χ3n) is 2.80. The highest BCUT2D eigenvalue weighted by Crippen LogP contribution is 2.25. The van der Waals surface area contributed by atoms with Crippen LogP contribution in [-0.2, 0) is 6.54 Å². The number of halogens is 2. The summed E-state index contributed by atoms with van der Waals surface area (Å²) in [4.78, 5) is 3.99. The van der Waals surface area contributed by atoms with Crippen LogP contribution in [0.1, 0.15) is 19.4 Å². The molecule has 0 bridgehead atoms. The lowest BCUT2D eigenvalue weighted by molar-refractivity contribution is 0.455. The van der Waals surface area contributed by atoms with Gasteiger partial charge in [-0.2, -0.15) is 0 Å². The van der Waals surface area contributed by atoms with Gasteiger partial charge in [-0.1, -0.05) is 13.8 Å². The van der Waals surface area contributed by atoms with Gasteiger partial charge in [-0.25, -0.2) is 8.78 Å². The van der Waals surface area contributed by atoms with Crippen molar-refractivity contribution in [1.29, 1.82) is 0 Å². The molecule has 1 aromatic heterocycles. The number of nitrogens with zero attached hydrogens (tertiary/aromatic N) is 1. The van der Waals surface area contributed by atoms with E-state index in [-0.39, 0.29) is 5.75 Å². The zero-order valence-corrected chi connectivity index (χ0v) is 12.1. The number of rotatable bonds is 6. The first-order valence-electron chi connectivity index (χ1n) is 6.82. The van der Waals surface area contributed by atoms with E-state index in [1.807, 2.05) is 6.07 Å². The van der Waals surface area contributed by atoms with Crippen LogP contribution in [0.15, 0.2) is 36.7 Å². The van der Waals surface area contributed by atoms with Crippen molar-refractivity contribution in [3.63, 3.8) is 0 Å². The lowest BCUT2D eigenvalue weighted by Gasteiger charge is -2.12. The van der Waals surface area contributed by atoms with Crippen molar-refractivity contribution >= 4 is 0 Å². The molecule has 1 heterocycles. The minimum absolute atomic E-state index is 0.116. The van der Waals surface area contributed by atoms with E-state index in [9.17, 15) is 8.78 Å². The van der Waals surface area contributed by atoms with Gasteiger partial charge in [0, 0.05) is 36.5 Å². The van der Waals surface area contributed by atoms with Gasteiger partial charge in [-0.05, 0) is 18.5 Å². The van der Waals surface area contributed by atoms with E-state index >= 15 is 0 Å². The summed E-state index contributed by atoms with van der Waals surface area (Å²) >= 11 is 0. The van der Waals surface area contributed by atoms with E-state index in [1.54, 1.807) is 6.20 Å². The maximum atomic E-state index is 13.2.